The average Bonchev–Trinajstić information content (AvgIpc) is 2.78. The number of hydrogen-bond acceptors (Lipinski definition) is 5. The van der Waals surface area contributed by atoms with Crippen molar-refractivity contribution in [1.82, 2.24) is 20.0 Å². The van der Waals surface area contributed by atoms with E-state index in [1.165, 1.54) is 19.3 Å². The monoisotopic (exact) mass is 416 g/mol. The van der Waals surface area contributed by atoms with Gasteiger partial charge in [0, 0.05) is 50.9 Å². The zero-order chi connectivity index (χ0) is 21.3. The second kappa shape index (κ2) is 11.3. The highest BCUT2D eigenvalue weighted by Gasteiger charge is 2.25. The van der Waals surface area contributed by atoms with Gasteiger partial charge in [-0.05, 0) is 57.5 Å². The number of amides is 2. The number of carbonyl (C=O) groups is 2. The molecular weight excluding hydrogens is 380 g/mol. The first-order valence-corrected chi connectivity index (χ1v) is 11.3. The van der Waals surface area contributed by atoms with Crippen molar-refractivity contribution in [3.63, 3.8) is 0 Å². The second-order valence-electron chi connectivity index (χ2n) is 8.20. The van der Waals surface area contributed by atoms with Crippen LogP contribution in [0.2, 0.25) is 0 Å². The minimum absolute atomic E-state index is 0.0301. The van der Waals surface area contributed by atoms with E-state index in [1.54, 1.807) is 17.0 Å². The van der Waals surface area contributed by atoms with Crippen LogP contribution in [0.1, 0.15) is 43.5 Å². The van der Waals surface area contributed by atoms with Crippen LogP contribution in [0.15, 0.2) is 24.3 Å². The Labute approximate surface area is 180 Å². The SMILES string of the molecule is CCOc1ccc(C(=O)N(CCN2CCCCC2C)CC(=O)N2CCNCC2)cc1. The summed E-state index contributed by atoms with van der Waals surface area (Å²) < 4.78 is 5.49. The normalized spacial score (nSPS) is 20.1. The summed E-state index contributed by atoms with van der Waals surface area (Å²) in [6.07, 6.45) is 3.68. The van der Waals surface area contributed by atoms with Crippen LogP contribution < -0.4 is 10.1 Å². The number of nitrogens with zero attached hydrogens (tertiary/aromatic N) is 3. The Bertz CT molecular complexity index is 688. The Balaban J connectivity index is 1.68. The van der Waals surface area contributed by atoms with E-state index in [0.717, 1.165) is 31.9 Å². The van der Waals surface area contributed by atoms with Crippen molar-refractivity contribution in [3.05, 3.63) is 29.8 Å². The number of benzene rings is 1. The average molecular weight is 417 g/mol. The van der Waals surface area contributed by atoms with E-state index in [-0.39, 0.29) is 18.4 Å². The molecule has 2 aliphatic rings. The van der Waals surface area contributed by atoms with Crippen molar-refractivity contribution in [3.8, 4) is 5.75 Å². The van der Waals surface area contributed by atoms with Crippen molar-refractivity contribution >= 4 is 11.8 Å². The van der Waals surface area contributed by atoms with Gasteiger partial charge in [-0.1, -0.05) is 6.42 Å². The molecule has 166 valence electrons. The number of hydrogen-bond donors (Lipinski definition) is 1. The standard InChI is InChI=1S/C23H36N4O3/c1-3-30-21-9-7-20(8-10-21)23(29)27(17-16-25-13-5-4-6-19(25)2)18-22(28)26-14-11-24-12-15-26/h7-10,19,24H,3-6,11-18H2,1-2H3. The summed E-state index contributed by atoms with van der Waals surface area (Å²) >= 11 is 0. The molecule has 0 radical (unpaired) electrons. The van der Waals surface area contributed by atoms with Crippen LogP contribution in [0.4, 0.5) is 0 Å². The van der Waals surface area contributed by atoms with Crippen molar-refractivity contribution in [2.75, 3.05) is 59.0 Å². The number of ether oxygens (including phenoxy) is 1. The topological polar surface area (TPSA) is 65.1 Å². The molecule has 0 aromatic heterocycles. The minimum atomic E-state index is -0.0915. The van der Waals surface area contributed by atoms with E-state index in [9.17, 15) is 9.59 Å². The van der Waals surface area contributed by atoms with E-state index in [0.29, 0.717) is 37.8 Å². The van der Waals surface area contributed by atoms with E-state index in [4.69, 9.17) is 4.74 Å². The van der Waals surface area contributed by atoms with Crippen LogP contribution in [0.5, 0.6) is 5.75 Å². The number of piperazine rings is 1. The van der Waals surface area contributed by atoms with Gasteiger partial charge >= 0.3 is 0 Å². The maximum atomic E-state index is 13.3. The van der Waals surface area contributed by atoms with Gasteiger partial charge in [0.2, 0.25) is 5.91 Å². The molecule has 2 fully saturated rings. The first-order chi connectivity index (χ1) is 14.6. The number of nitrogens with one attached hydrogen (secondary N) is 1. The van der Waals surface area contributed by atoms with Crippen LogP contribution in [-0.4, -0.2) is 91.5 Å². The molecule has 0 saturated carbocycles. The van der Waals surface area contributed by atoms with Gasteiger partial charge in [-0.3, -0.25) is 14.5 Å². The van der Waals surface area contributed by atoms with Gasteiger partial charge in [0.15, 0.2) is 0 Å². The highest BCUT2D eigenvalue weighted by Crippen LogP contribution is 2.17. The molecule has 1 unspecified atom stereocenters. The number of piperidine rings is 1. The predicted octanol–water partition coefficient (Wildman–Crippen LogP) is 1.83. The Kier molecular flexibility index (Phi) is 8.51. The van der Waals surface area contributed by atoms with Gasteiger partial charge in [-0.25, -0.2) is 0 Å². The summed E-state index contributed by atoms with van der Waals surface area (Å²) in [6.45, 7) is 10.4. The largest absolute Gasteiger partial charge is 0.494 e. The fourth-order valence-electron chi connectivity index (χ4n) is 4.21. The van der Waals surface area contributed by atoms with Crippen molar-refractivity contribution in [1.29, 1.82) is 0 Å². The molecule has 1 N–H and O–H groups in total. The molecule has 2 aliphatic heterocycles. The lowest BCUT2D eigenvalue weighted by Crippen LogP contribution is -2.51. The fourth-order valence-corrected chi connectivity index (χ4v) is 4.21. The molecule has 2 saturated heterocycles. The maximum Gasteiger partial charge on any atom is 0.254 e. The van der Waals surface area contributed by atoms with E-state index < -0.39 is 0 Å². The Morgan fingerprint density at radius 1 is 1.13 bits per heavy atom. The number of carbonyl (C=O) groups excluding carboxylic acids is 2. The molecule has 2 heterocycles. The molecule has 7 heteroatoms. The molecule has 0 aliphatic carbocycles. The summed E-state index contributed by atoms with van der Waals surface area (Å²) in [5.74, 6) is 0.688. The molecule has 2 amide bonds. The Hall–Kier alpha value is -2.12. The molecule has 1 aromatic rings. The highest BCUT2D eigenvalue weighted by molar-refractivity contribution is 5.96. The first-order valence-electron chi connectivity index (χ1n) is 11.3. The quantitative estimate of drug-likeness (QED) is 0.701. The second-order valence-corrected chi connectivity index (χ2v) is 8.20. The molecule has 30 heavy (non-hydrogen) atoms. The van der Waals surface area contributed by atoms with Crippen molar-refractivity contribution < 1.29 is 14.3 Å². The van der Waals surface area contributed by atoms with Gasteiger partial charge in [-0.15, -0.1) is 0 Å². The van der Waals surface area contributed by atoms with Crippen molar-refractivity contribution in [2.24, 2.45) is 0 Å². The van der Waals surface area contributed by atoms with Gasteiger partial charge in [0.1, 0.15) is 12.3 Å². The van der Waals surface area contributed by atoms with Crippen LogP contribution in [-0.2, 0) is 4.79 Å². The first kappa shape index (κ1) is 22.6. The lowest BCUT2D eigenvalue weighted by molar-refractivity contribution is -0.132. The van der Waals surface area contributed by atoms with E-state index in [1.807, 2.05) is 24.0 Å². The van der Waals surface area contributed by atoms with Crippen LogP contribution >= 0.6 is 0 Å². The Morgan fingerprint density at radius 2 is 1.87 bits per heavy atom. The molecule has 1 atom stereocenters. The molecule has 0 spiro atoms. The third kappa shape index (κ3) is 6.19. The molecule has 3 rings (SSSR count). The minimum Gasteiger partial charge on any atom is -0.494 e. The zero-order valence-corrected chi connectivity index (χ0v) is 18.4. The lowest BCUT2D eigenvalue weighted by atomic mass is 10.0. The smallest absolute Gasteiger partial charge is 0.254 e. The van der Waals surface area contributed by atoms with E-state index >= 15 is 0 Å². The third-order valence-corrected chi connectivity index (χ3v) is 6.09. The zero-order valence-electron chi connectivity index (χ0n) is 18.4. The van der Waals surface area contributed by atoms with E-state index in [2.05, 4.69) is 17.1 Å². The predicted molar refractivity (Wildman–Crippen MR) is 118 cm³/mol. The Morgan fingerprint density at radius 3 is 2.53 bits per heavy atom. The molecule has 7 nitrogen and oxygen atoms in total. The highest BCUT2D eigenvalue weighted by atomic mass is 16.5. The van der Waals surface area contributed by atoms with Crippen LogP contribution in [0.3, 0.4) is 0 Å². The molecule has 1 aromatic carbocycles. The maximum absolute atomic E-state index is 13.3. The summed E-state index contributed by atoms with van der Waals surface area (Å²) in [6, 6.07) is 7.75. The summed E-state index contributed by atoms with van der Waals surface area (Å²) in [7, 11) is 0. The summed E-state index contributed by atoms with van der Waals surface area (Å²) in [5.41, 5.74) is 0.596. The van der Waals surface area contributed by atoms with Crippen LogP contribution in [0.25, 0.3) is 0 Å². The number of likely N-dealkylation sites (tertiary alicyclic amines) is 1. The van der Waals surface area contributed by atoms with Gasteiger partial charge in [0.25, 0.3) is 5.91 Å². The van der Waals surface area contributed by atoms with Crippen LogP contribution in [0, 0.1) is 0 Å². The summed E-state index contributed by atoms with van der Waals surface area (Å²) in [5, 5.41) is 3.27. The van der Waals surface area contributed by atoms with Gasteiger partial charge in [-0.2, -0.15) is 0 Å². The molecule has 0 bridgehead atoms. The van der Waals surface area contributed by atoms with Gasteiger partial charge < -0.3 is 19.9 Å². The van der Waals surface area contributed by atoms with Gasteiger partial charge in [0.05, 0.1) is 6.61 Å². The number of rotatable bonds is 8. The molecular formula is C23H36N4O3. The summed E-state index contributed by atoms with van der Waals surface area (Å²) in [4.78, 5) is 32.2. The van der Waals surface area contributed by atoms with Crippen molar-refractivity contribution in [2.45, 2.75) is 39.2 Å². The lowest BCUT2D eigenvalue weighted by Gasteiger charge is -2.35. The third-order valence-electron chi connectivity index (χ3n) is 6.09. The fraction of sp³-hybridized carbons (Fsp3) is 0.652.